The third-order valence-electron chi connectivity index (χ3n) is 3.40. The third-order valence-corrected chi connectivity index (χ3v) is 4.41. The average Bonchev–Trinajstić information content (AvgIpc) is 2.90. The molecule has 1 unspecified atom stereocenters. The Morgan fingerprint density at radius 1 is 1.38 bits per heavy atom. The van der Waals surface area contributed by atoms with Crippen LogP contribution in [0.2, 0.25) is 5.22 Å². The first-order chi connectivity index (χ1) is 10.1. The smallest absolute Gasteiger partial charge is 0.259 e. The molecule has 5 heteroatoms. The fourth-order valence-electron chi connectivity index (χ4n) is 2.29. The molecule has 0 N–H and O–H groups in total. The number of amides is 1. The predicted octanol–water partition coefficient (Wildman–Crippen LogP) is 5.31. The van der Waals surface area contributed by atoms with Crippen LogP contribution in [-0.4, -0.2) is 17.4 Å². The summed E-state index contributed by atoms with van der Waals surface area (Å²) in [6.07, 6.45) is 2.30. The molecule has 21 heavy (non-hydrogen) atoms. The van der Waals surface area contributed by atoms with Crippen LogP contribution in [0.15, 0.2) is 45.5 Å². The van der Waals surface area contributed by atoms with Gasteiger partial charge in [0.1, 0.15) is 0 Å². The van der Waals surface area contributed by atoms with E-state index in [9.17, 15) is 4.79 Å². The molecule has 0 saturated carbocycles. The standard InChI is InChI=1S/C16H17BrClNO2/c1-3-9-19(16(20)13-8-10-21-15(13)18)11(2)12-6-4-5-7-14(12)17/h4-8,10-11H,3,9H2,1-2H3. The number of halogens is 2. The second-order valence-corrected chi connectivity index (χ2v) is 6.00. The van der Waals surface area contributed by atoms with Gasteiger partial charge in [0, 0.05) is 11.0 Å². The van der Waals surface area contributed by atoms with Crippen molar-refractivity contribution in [3.05, 3.63) is 57.4 Å². The van der Waals surface area contributed by atoms with E-state index < -0.39 is 0 Å². The number of hydrogen-bond donors (Lipinski definition) is 0. The summed E-state index contributed by atoms with van der Waals surface area (Å²) in [6.45, 7) is 4.72. The van der Waals surface area contributed by atoms with Crippen LogP contribution in [0.5, 0.6) is 0 Å². The quantitative estimate of drug-likeness (QED) is 0.714. The van der Waals surface area contributed by atoms with E-state index in [-0.39, 0.29) is 17.2 Å². The molecule has 0 aliphatic rings. The molecule has 1 atom stereocenters. The summed E-state index contributed by atoms with van der Waals surface area (Å²) in [5, 5.41) is 0.139. The maximum absolute atomic E-state index is 12.7. The van der Waals surface area contributed by atoms with Gasteiger partial charge in [-0.15, -0.1) is 0 Å². The molecule has 0 fully saturated rings. The van der Waals surface area contributed by atoms with E-state index in [1.165, 1.54) is 6.26 Å². The van der Waals surface area contributed by atoms with E-state index in [1.54, 1.807) is 6.07 Å². The lowest BCUT2D eigenvalue weighted by Gasteiger charge is -2.29. The molecule has 0 aliphatic carbocycles. The van der Waals surface area contributed by atoms with Crippen molar-refractivity contribution in [2.24, 2.45) is 0 Å². The molecule has 0 aliphatic heterocycles. The number of carbonyl (C=O) groups is 1. The Bertz CT molecular complexity index is 626. The second kappa shape index (κ2) is 7.14. The first-order valence-electron chi connectivity index (χ1n) is 6.84. The average molecular weight is 371 g/mol. The van der Waals surface area contributed by atoms with Gasteiger partial charge in [-0.25, -0.2) is 0 Å². The number of rotatable bonds is 5. The number of furan rings is 1. The largest absolute Gasteiger partial charge is 0.452 e. The SMILES string of the molecule is CCCN(C(=O)c1ccoc1Cl)C(C)c1ccccc1Br. The summed E-state index contributed by atoms with van der Waals surface area (Å²) in [7, 11) is 0. The lowest BCUT2D eigenvalue weighted by Crippen LogP contribution is -2.34. The van der Waals surface area contributed by atoms with Crippen LogP contribution >= 0.6 is 27.5 Å². The second-order valence-electron chi connectivity index (χ2n) is 4.80. The van der Waals surface area contributed by atoms with E-state index in [0.29, 0.717) is 12.1 Å². The van der Waals surface area contributed by atoms with E-state index in [2.05, 4.69) is 15.9 Å². The van der Waals surface area contributed by atoms with E-state index in [1.807, 2.05) is 43.0 Å². The number of benzene rings is 1. The van der Waals surface area contributed by atoms with Crippen molar-refractivity contribution >= 4 is 33.4 Å². The monoisotopic (exact) mass is 369 g/mol. The number of nitrogens with zero attached hydrogens (tertiary/aromatic N) is 1. The molecule has 1 aromatic heterocycles. The number of carbonyl (C=O) groups excluding carboxylic acids is 1. The van der Waals surface area contributed by atoms with Crippen molar-refractivity contribution in [3.8, 4) is 0 Å². The maximum atomic E-state index is 12.7. The van der Waals surface area contributed by atoms with Gasteiger partial charge in [-0.3, -0.25) is 4.79 Å². The zero-order chi connectivity index (χ0) is 15.4. The van der Waals surface area contributed by atoms with Crippen LogP contribution < -0.4 is 0 Å². The molecular weight excluding hydrogens is 354 g/mol. The van der Waals surface area contributed by atoms with Crippen LogP contribution in [0.3, 0.4) is 0 Å². The van der Waals surface area contributed by atoms with Gasteiger partial charge < -0.3 is 9.32 Å². The van der Waals surface area contributed by atoms with Gasteiger partial charge in [0.25, 0.3) is 5.91 Å². The topological polar surface area (TPSA) is 33.5 Å². The molecule has 1 aromatic carbocycles. The Balaban J connectivity index is 2.33. The lowest BCUT2D eigenvalue weighted by atomic mass is 10.1. The molecule has 112 valence electrons. The fourth-order valence-corrected chi connectivity index (χ4v) is 3.11. The minimum absolute atomic E-state index is 0.0565. The Labute approximate surface area is 138 Å². The third kappa shape index (κ3) is 3.50. The van der Waals surface area contributed by atoms with Crippen molar-refractivity contribution in [2.75, 3.05) is 6.54 Å². The zero-order valence-electron chi connectivity index (χ0n) is 12.0. The Morgan fingerprint density at radius 3 is 2.67 bits per heavy atom. The molecule has 1 amide bonds. The molecule has 1 heterocycles. The summed E-state index contributed by atoms with van der Waals surface area (Å²) in [4.78, 5) is 14.5. The van der Waals surface area contributed by atoms with Gasteiger partial charge in [0.05, 0.1) is 17.9 Å². The normalized spacial score (nSPS) is 12.2. The van der Waals surface area contributed by atoms with E-state index in [4.69, 9.17) is 16.0 Å². The minimum atomic E-state index is -0.112. The Morgan fingerprint density at radius 2 is 2.10 bits per heavy atom. The van der Waals surface area contributed by atoms with Crippen molar-refractivity contribution in [1.29, 1.82) is 0 Å². The van der Waals surface area contributed by atoms with Crippen LogP contribution in [0.4, 0.5) is 0 Å². The van der Waals surface area contributed by atoms with Crippen LogP contribution in [-0.2, 0) is 0 Å². The zero-order valence-corrected chi connectivity index (χ0v) is 14.3. The highest BCUT2D eigenvalue weighted by molar-refractivity contribution is 9.10. The van der Waals surface area contributed by atoms with E-state index >= 15 is 0 Å². The maximum Gasteiger partial charge on any atom is 0.259 e. The Hall–Kier alpha value is -1.26. The predicted molar refractivity (Wildman–Crippen MR) is 87.6 cm³/mol. The summed E-state index contributed by atoms with van der Waals surface area (Å²) in [5.41, 5.74) is 1.47. The first kappa shape index (κ1) is 16.1. The molecule has 2 rings (SSSR count). The van der Waals surface area contributed by atoms with Gasteiger partial charge >= 0.3 is 0 Å². The molecule has 0 radical (unpaired) electrons. The molecule has 2 aromatic rings. The van der Waals surface area contributed by atoms with Crippen molar-refractivity contribution in [2.45, 2.75) is 26.3 Å². The molecule has 0 spiro atoms. The van der Waals surface area contributed by atoms with E-state index in [0.717, 1.165) is 16.5 Å². The highest BCUT2D eigenvalue weighted by Crippen LogP contribution is 2.30. The molecule has 0 bridgehead atoms. The molecule has 0 saturated heterocycles. The summed E-state index contributed by atoms with van der Waals surface area (Å²) < 4.78 is 6.02. The van der Waals surface area contributed by atoms with Gasteiger partial charge in [0.15, 0.2) is 0 Å². The molecular formula is C16H17BrClNO2. The van der Waals surface area contributed by atoms with Crippen LogP contribution in [0.1, 0.15) is 42.2 Å². The fraction of sp³-hybridized carbons (Fsp3) is 0.312. The van der Waals surface area contributed by atoms with Gasteiger partial charge in [0.2, 0.25) is 5.22 Å². The highest BCUT2D eigenvalue weighted by Gasteiger charge is 2.25. The summed E-state index contributed by atoms with van der Waals surface area (Å²) in [5.74, 6) is -0.112. The highest BCUT2D eigenvalue weighted by atomic mass is 79.9. The molecule has 3 nitrogen and oxygen atoms in total. The summed E-state index contributed by atoms with van der Waals surface area (Å²) in [6, 6.07) is 9.47. The summed E-state index contributed by atoms with van der Waals surface area (Å²) >= 11 is 9.48. The van der Waals surface area contributed by atoms with Crippen LogP contribution in [0.25, 0.3) is 0 Å². The lowest BCUT2D eigenvalue weighted by molar-refractivity contribution is 0.0689. The van der Waals surface area contributed by atoms with Crippen LogP contribution in [0, 0.1) is 0 Å². The Kier molecular flexibility index (Phi) is 5.48. The van der Waals surface area contributed by atoms with Crippen molar-refractivity contribution in [3.63, 3.8) is 0 Å². The van der Waals surface area contributed by atoms with Crippen molar-refractivity contribution < 1.29 is 9.21 Å². The van der Waals surface area contributed by atoms with Gasteiger partial charge in [-0.2, -0.15) is 0 Å². The van der Waals surface area contributed by atoms with Gasteiger partial charge in [-0.05, 0) is 42.6 Å². The number of hydrogen-bond acceptors (Lipinski definition) is 2. The van der Waals surface area contributed by atoms with Gasteiger partial charge in [-0.1, -0.05) is 41.1 Å². The minimum Gasteiger partial charge on any atom is -0.452 e. The first-order valence-corrected chi connectivity index (χ1v) is 8.01. The van der Waals surface area contributed by atoms with Crippen molar-refractivity contribution in [1.82, 2.24) is 4.90 Å².